The van der Waals surface area contributed by atoms with E-state index in [-0.39, 0.29) is 11.8 Å². The van der Waals surface area contributed by atoms with Crippen LogP contribution in [0.2, 0.25) is 0 Å². The van der Waals surface area contributed by atoms with Crippen molar-refractivity contribution >= 4 is 16.7 Å². The number of nitrogens with zero attached hydrogens (tertiary/aromatic N) is 2. The van der Waals surface area contributed by atoms with E-state index < -0.39 is 5.82 Å². The number of hydrogen-bond acceptors (Lipinski definition) is 5. The van der Waals surface area contributed by atoms with E-state index in [1.807, 2.05) is 30.3 Å². The molecule has 1 aromatic heterocycles. The van der Waals surface area contributed by atoms with Crippen molar-refractivity contribution in [2.45, 2.75) is 6.04 Å². The molecule has 124 valence electrons. The number of benzene rings is 2. The molecule has 1 heterocycles. The molecule has 1 atom stereocenters. The van der Waals surface area contributed by atoms with Crippen molar-refractivity contribution in [2.75, 3.05) is 26.1 Å². The summed E-state index contributed by atoms with van der Waals surface area (Å²) in [5.41, 5.74) is 1.58. The van der Waals surface area contributed by atoms with E-state index >= 15 is 0 Å². The van der Waals surface area contributed by atoms with Gasteiger partial charge < -0.3 is 14.8 Å². The summed E-state index contributed by atoms with van der Waals surface area (Å²) in [6, 6.07) is 12.8. The second-order valence-electron chi connectivity index (χ2n) is 5.29. The molecule has 0 saturated carbocycles. The van der Waals surface area contributed by atoms with Crippen LogP contribution in [0.15, 0.2) is 48.8 Å². The van der Waals surface area contributed by atoms with Crippen LogP contribution in [0.4, 0.5) is 10.2 Å². The van der Waals surface area contributed by atoms with Gasteiger partial charge in [-0.15, -0.1) is 0 Å². The summed E-state index contributed by atoms with van der Waals surface area (Å²) < 4.78 is 24.3. The number of methoxy groups -OCH3 is 2. The highest BCUT2D eigenvalue weighted by atomic mass is 19.1. The van der Waals surface area contributed by atoms with Gasteiger partial charge >= 0.3 is 0 Å². The predicted octanol–water partition coefficient (Wildman–Crippen LogP) is 3.58. The Morgan fingerprint density at radius 2 is 1.92 bits per heavy atom. The van der Waals surface area contributed by atoms with Gasteiger partial charge in [0.1, 0.15) is 12.1 Å². The Balaban J connectivity index is 2.01. The molecule has 1 N–H and O–H groups in total. The van der Waals surface area contributed by atoms with Crippen LogP contribution in [0.3, 0.4) is 0 Å². The molecule has 5 nitrogen and oxygen atoms in total. The van der Waals surface area contributed by atoms with Crippen molar-refractivity contribution in [3.05, 3.63) is 60.2 Å². The molecule has 6 heteroatoms. The lowest BCUT2D eigenvalue weighted by atomic mass is 10.1. The lowest BCUT2D eigenvalue weighted by Crippen LogP contribution is -2.17. The van der Waals surface area contributed by atoms with Gasteiger partial charge in [0.25, 0.3) is 0 Å². The lowest BCUT2D eigenvalue weighted by Gasteiger charge is -2.20. The molecule has 0 spiro atoms. The smallest absolute Gasteiger partial charge is 0.167 e. The standard InChI is InChI=1S/C18H18FN3O2/c1-23-10-16(12-6-4-3-5-7-12)22-18-13-8-17(24-2)14(19)9-15(13)20-11-21-18/h3-9,11,16H,10H2,1-2H3,(H,20,21,22). The lowest BCUT2D eigenvalue weighted by molar-refractivity contribution is 0.186. The molecule has 3 rings (SSSR count). The number of nitrogens with one attached hydrogen (secondary N) is 1. The van der Waals surface area contributed by atoms with E-state index in [9.17, 15) is 4.39 Å². The number of ether oxygens (including phenoxy) is 2. The van der Waals surface area contributed by atoms with Crippen LogP contribution in [0.5, 0.6) is 5.75 Å². The third-order valence-corrected chi connectivity index (χ3v) is 3.76. The molecule has 0 aliphatic heterocycles. The summed E-state index contributed by atoms with van der Waals surface area (Å²) in [5.74, 6) is 0.304. The van der Waals surface area contributed by atoms with Gasteiger partial charge in [-0.3, -0.25) is 0 Å². The molecular weight excluding hydrogens is 309 g/mol. The monoisotopic (exact) mass is 327 g/mol. The predicted molar refractivity (Wildman–Crippen MR) is 90.7 cm³/mol. The Hall–Kier alpha value is -2.73. The maximum absolute atomic E-state index is 13.9. The SMILES string of the molecule is COCC(Nc1ncnc2cc(F)c(OC)cc12)c1ccccc1. The number of aromatic nitrogens is 2. The van der Waals surface area contributed by atoms with Gasteiger partial charge in [-0.05, 0) is 11.6 Å². The maximum atomic E-state index is 13.9. The third kappa shape index (κ3) is 3.28. The van der Waals surface area contributed by atoms with Gasteiger partial charge in [0.05, 0.1) is 25.3 Å². The minimum absolute atomic E-state index is 0.0923. The molecule has 0 radical (unpaired) electrons. The Morgan fingerprint density at radius 1 is 1.12 bits per heavy atom. The summed E-state index contributed by atoms with van der Waals surface area (Å²) in [7, 11) is 3.08. The summed E-state index contributed by atoms with van der Waals surface area (Å²) in [4.78, 5) is 8.43. The molecule has 0 bridgehead atoms. The quantitative estimate of drug-likeness (QED) is 0.750. The van der Waals surface area contributed by atoms with E-state index in [1.165, 1.54) is 19.5 Å². The Kier molecular flexibility index (Phi) is 4.86. The molecule has 0 fully saturated rings. The van der Waals surface area contributed by atoms with Gasteiger partial charge in [-0.25, -0.2) is 14.4 Å². The fourth-order valence-electron chi connectivity index (χ4n) is 2.57. The van der Waals surface area contributed by atoms with Gasteiger partial charge in [-0.1, -0.05) is 30.3 Å². The molecule has 0 aliphatic rings. The van der Waals surface area contributed by atoms with E-state index in [0.717, 1.165) is 5.56 Å². The van der Waals surface area contributed by atoms with Gasteiger partial charge in [-0.2, -0.15) is 0 Å². The molecule has 0 saturated heterocycles. The zero-order chi connectivity index (χ0) is 16.9. The Labute approximate surface area is 139 Å². The van der Waals surface area contributed by atoms with Crippen LogP contribution >= 0.6 is 0 Å². The van der Waals surface area contributed by atoms with Crippen LogP contribution in [0, 0.1) is 5.82 Å². The number of anilines is 1. The minimum Gasteiger partial charge on any atom is -0.494 e. The van der Waals surface area contributed by atoms with E-state index in [1.54, 1.807) is 13.2 Å². The zero-order valence-corrected chi connectivity index (χ0v) is 13.5. The molecule has 2 aromatic carbocycles. The first-order valence-electron chi connectivity index (χ1n) is 7.51. The number of hydrogen-bond donors (Lipinski definition) is 1. The highest BCUT2D eigenvalue weighted by molar-refractivity contribution is 5.90. The number of halogens is 1. The van der Waals surface area contributed by atoms with E-state index in [2.05, 4.69) is 15.3 Å². The largest absolute Gasteiger partial charge is 0.494 e. The van der Waals surface area contributed by atoms with Crippen molar-refractivity contribution < 1.29 is 13.9 Å². The highest BCUT2D eigenvalue weighted by Gasteiger charge is 2.15. The van der Waals surface area contributed by atoms with Crippen LogP contribution < -0.4 is 10.1 Å². The fraction of sp³-hybridized carbons (Fsp3) is 0.222. The van der Waals surface area contributed by atoms with Crippen molar-refractivity contribution in [2.24, 2.45) is 0 Å². The van der Waals surface area contributed by atoms with E-state index in [0.29, 0.717) is 23.3 Å². The number of rotatable bonds is 6. The zero-order valence-electron chi connectivity index (χ0n) is 13.5. The summed E-state index contributed by atoms with van der Waals surface area (Å²) in [6.45, 7) is 0.466. The normalized spacial score (nSPS) is 12.1. The van der Waals surface area contributed by atoms with Crippen molar-refractivity contribution in [3.63, 3.8) is 0 Å². The number of fused-ring (bicyclic) bond motifs is 1. The fourth-order valence-corrected chi connectivity index (χ4v) is 2.57. The first-order chi connectivity index (χ1) is 11.7. The van der Waals surface area contributed by atoms with Crippen LogP contribution in [0.25, 0.3) is 10.9 Å². The average molecular weight is 327 g/mol. The molecule has 0 aliphatic carbocycles. The van der Waals surface area contributed by atoms with Crippen molar-refractivity contribution in [1.82, 2.24) is 9.97 Å². The molecule has 1 unspecified atom stereocenters. The van der Waals surface area contributed by atoms with Crippen LogP contribution in [-0.4, -0.2) is 30.8 Å². The van der Waals surface area contributed by atoms with Crippen LogP contribution in [0.1, 0.15) is 11.6 Å². The van der Waals surface area contributed by atoms with E-state index in [4.69, 9.17) is 9.47 Å². The van der Waals surface area contributed by atoms with Crippen molar-refractivity contribution in [1.29, 1.82) is 0 Å². The minimum atomic E-state index is -0.453. The highest BCUT2D eigenvalue weighted by Crippen LogP contribution is 2.29. The maximum Gasteiger partial charge on any atom is 0.167 e. The first-order valence-corrected chi connectivity index (χ1v) is 7.51. The Morgan fingerprint density at radius 3 is 2.62 bits per heavy atom. The second kappa shape index (κ2) is 7.23. The van der Waals surface area contributed by atoms with Gasteiger partial charge in [0.2, 0.25) is 0 Å². The van der Waals surface area contributed by atoms with Crippen molar-refractivity contribution in [3.8, 4) is 5.75 Å². The first kappa shape index (κ1) is 16.1. The van der Waals surface area contributed by atoms with Crippen LogP contribution in [-0.2, 0) is 4.74 Å². The molecular formula is C18H18FN3O2. The average Bonchev–Trinajstić information content (AvgIpc) is 2.61. The van der Waals surface area contributed by atoms with Gasteiger partial charge in [0, 0.05) is 18.6 Å². The molecule has 24 heavy (non-hydrogen) atoms. The summed E-state index contributed by atoms with van der Waals surface area (Å²) in [5, 5.41) is 4.04. The summed E-state index contributed by atoms with van der Waals surface area (Å²) in [6.07, 6.45) is 1.41. The molecule has 0 amide bonds. The Bertz CT molecular complexity index is 827. The van der Waals surface area contributed by atoms with Gasteiger partial charge in [0.15, 0.2) is 11.6 Å². The topological polar surface area (TPSA) is 56.3 Å². The molecule has 3 aromatic rings. The summed E-state index contributed by atoms with van der Waals surface area (Å²) >= 11 is 0. The second-order valence-corrected chi connectivity index (χ2v) is 5.29. The third-order valence-electron chi connectivity index (χ3n) is 3.76.